The van der Waals surface area contributed by atoms with Crippen LogP contribution < -0.4 is 11.3 Å². The lowest BCUT2D eigenvalue weighted by atomic mass is 10.1. The first-order chi connectivity index (χ1) is 7.16. The van der Waals surface area contributed by atoms with Crippen LogP contribution in [0.1, 0.15) is 0 Å². The van der Waals surface area contributed by atoms with Crippen LogP contribution in [0.15, 0.2) is 39.7 Å². The molecule has 76 valence electrons. The summed E-state index contributed by atoms with van der Waals surface area (Å²) in [7, 11) is 0. The second-order valence-corrected chi connectivity index (χ2v) is 3.94. The molecule has 0 atom stereocenters. The van der Waals surface area contributed by atoms with E-state index in [0.717, 1.165) is 10.0 Å². The maximum absolute atomic E-state index is 11.6. The molecule has 2 rings (SSSR count). The lowest BCUT2D eigenvalue weighted by Gasteiger charge is -2.00. The van der Waals surface area contributed by atoms with E-state index in [4.69, 9.17) is 5.73 Å². The van der Waals surface area contributed by atoms with Crippen molar-refractivity contribution < 1.29 is 0 Å². The molecule has 1 heterocycles. The predicted octanol–water partition coefficient (Wildman–Crippen LogP) is 1.78. The molecule has 0 aliphatic heterocycles. The van der Waals surface area contributed by atoms with Gasteiger partial charge in [0.15, 0.2) is 5.95 Å². The Kier molecular flexibility index (Phi) is 2.55. The van der Waals surface area contributed by atoms with Gasteiger partial charge in [0.1, 0.15) is 0 Å². The molecule has 0 bridgehead atoms. The van der Waals surface area contributed by atoms with E-state index in [1.165, 1.54) is 6.20 Å². The molecular weight excluding hydrogens is 258 g/mol. The van der Waals surface area contributed by atoms with E-state index < -0.39 is 0 Å². The second kappa shape index (κ2) is 3.86. The Bertz CT molecular complexity index is 550. The molecule has 0 amide bonds. The number of hydrogen-bond acceptors (Lipinski definition) is 3. The van der Waals surface area contributed by atoms with Gasteiger partial charge in [-0.1, -0.05) is 28.1 Å². The van der Waals surface area contributed by atoms with Crippen molar-refractivity contribution in [1.29, 1.82) is 0 Å². The summed E-state index contributed by atoms with van der Waals surface area (Å²) in [5.41, 5.74) is 6.43. The minimum atomic E-state index is -0.236. The zero-order valence-corrected chi connectivity index (χ0v) is 9.28. The van der Waals surface area contributed by atoms with E-state index in [2.05, 4.69) is 25.9 Å². The number of nitrogens with one attached hydrogen (secondary N) is 1. The average molecular weight is 266 g/mol. The Morgan fingerprint density at radius 1 is 1.40 bits per heavy atom. The van der Waals surface area contributed by atoms with Crippen molar-refractivity contribution in [2.45, 2.75) is 0 Å². The zero-order valence-electron chi connectivity index (χ0n) is 7.70. The van der Waals surface area contributed by atoms with Crippen LogP contribution in [-0.4, -0.2) is 9.97 Å². The maximum Gasteiger partial charge on any atom is 0.260 e. The van der Waals surface area contributed by atoms with Crippen molar-refractivity contribution in [3.8, 4) is 11.1 Å². The average Bonchev–Trinajstić information content (AvgIpc) is 2.17. The van der Waals surface area contributed by atoms with Crippen molar-refractivity contribution in [3.05, 3.63) is 45.3 Å². The number of nitrogens with two attached hydrogens (primary N) is 1. The van der Waals surface area contributed by atoms with Crippen LogP contribution in [0.4, 0.5) is 5.95 Å². The predicted molar refractivity (Wildman–Crippen MR) is 62.4 cm³/mol. The number of rotatable bonds is 1. The fourth-order valence-corrected chi connectivity index (χ4v) is 1.67. The number of aromatic nitrogens is 2. The highest BCUT2D eigenvalue weighted by molar-refractivity contribution is 9.10. The van der Waals surface area contributed by atoms with E-state index >= 15 is 0 Å². The number of nitrogens with zero attached hydrogens (tertiary/aromatic N) is 1. The van der Waals surface area contributed by atoms with Gasteiger partial charge in [0.2, 0.25) is 0 Å². The molecule has 3 N–H and O–H groups in total. The summed E-state index contributed by atoms with van der Waals surface area (Å²) in [6.45, 7) is 0. The minimum absolute atomic E-state index is 0.124. The SMILES string of the molecule is Nc1ncc(-c2cccc(Br)c2)c(=O)[nH]1. The molecule has 0 saturated carbocycles. The Morgan fingerprint density at radius 3 is 2.87 bits per heavy atom. The van der Waals surface area contributed by atoms with Gasteiger partial charge in [0.05, 0.1) is 5.56 Å². The second-order valence-electron chi connectivity index (χ2n) is 3.02. The normalized spacial score (nSPS) is 10.2. The Labute approximate surface area is 94.3 Å². The number of aromatic amines is 1. The van der Waals surface area contributed by atoms with Gasteiger partial charge in [-0.2, -0.15) is 0 Å². The van der Waals surface area contributed by atoms with Crippen molar-refractivity contribution >= 4 is 21.9 Å². The molecule has 15 heavy (non-hydrogen) atoms. The highest BCUT2D eigenvalue weighted by Crippen LogP contribution is 2.19. The van der Waals surface area contributed by atoms with Crippen LogP contribution in [0.5, 0.6) is 0 Å². The molecule has 0 radical (unpaired) electrons. The summed E-state index contributed by atoms with van der Waals surface area (Å²) in [5, 5.41) is 0. The Balaban J connectivity index is 2.59. The van der Waals surface area contributed by atoms with E-state index in [1.807, 2.05) is 24.3 Å². The molecule has 0 saturated heterocycles. The van der Waals surface area contributed by atoms with E-state index in [9.17, 15) is 4.79 Å². The smallest absolute Gasteiger partial charge is 0.260 e. The topological polar surface area (TPSA) is 71.8 Å². The molecule has 0 fully saturated rings. The molecule has 2 aromatic rings. The summed E-state index contributed by atoms with van der Waals surface area (Å²) in [4.78, 5) is 17.9. The van der Waals surface area contributed by atoms with Crippen molar-refractivity contribution in [1.82, 2.24) is 9.97 Å². The molecule has 4 nitrogen and oxygen atoms in total. The molecule has 1 aromatic carbocycles. The van der Waals surface area contributed by atoms with Gasteiger partial charge in [-0.25, -0.2) is 4.98 Å². The summed E-state index contributed by atoms with van der Waals surface area (Å²) in [6, 6.07) is 7.44. The lowest BCUT2D eigenvalue weighted by Crippen LogP contribution is -2.12. The van der Waals surface area contributed by atoms with Crippen LogP contribution in [0.2, 0.25) is 0 Å². The molecule has 1 aromatic heterocycles. The van der Waals surface area contributed by atoms with Crippen molar-refractivity contribution in [2.24, 2.45) is 0 Å². The van der Waals surface area contributed by atoms with Crippen LogP contribution in [0, 0.1) is 0 Å². The van der Waals surface area contributed by atoms with Gasteiger partial charge in [-0.05, 0) is 17.7 Å². The number of nitrogen functional groups attached to an aromatic ring is 1. The summed E-state index contributed by atoms with van der Waals surface area (Å²) >= 11 is 3.34. The lowest BCUT2D eigenvalue weighted by molar-refractivity contribution is 1.14. The third-order valence-corrected chi connectivity index (χ3v) is 2.45. The molecule has 0 spiro atoms. The van der Waals surface area contributed by atoms with E-state index in [1.54, 1.807) is 0 Å². The summed E-state index contributed by atoms with van der Waals surface area (Å²) < 4.78 is 0.913. The number of benzene rings is 1. The number of anilines is 1. The van der Waals surface area contributed by atoms with Gasteiger partial charge in [-0.3, -0.25) is 9.78 Å². The largest absolute Gasteiger partial charge is 0.369 e. The van der Waals surface area contributed by atoms with E-state index in [-0.39, 0.29) is 11.5 Å². The van der Waals surface area contributed by atoms with Crippen LogP contribution in [0.3, 0.4) is 0 Å². The van der Waals surface area contributed by atoms with Crippen LogP contribution in [0.25, 0.3) is 11.1 Å². The highest BCUT2D eigenvalue weighted by Gasteiger charge is 2.04. The number of H-pyrrole nitrogens is 1. The third-order valence-electron chi connectivity index (χ3n) is 1.95. The highest BCUT2D eigenvalue weighted by atomic mass is 79.9. The van der Waals surface area contributed by atoms with Gasteiger partial charge in [0.25, 0.3) is 5.56 Å². The molecular formula is C10H8BrN3O. The molecule has 0 aliphatic rings. The first-order valence-electron chi connectivity index (χ1n) is 4.27. The molecule has 0 aliphatic carbocycles. The first-order valence-corrected chi connectivity index (χ1v) is 5.07. The minimum Gasteiger partial charge on any atom is -0.369 e. The van der Waals surface area contributed by atoms with Crippen molar-refractivity contribution in [2.75, 3.05) is 5.73 Å². The fourth-order valence-electron chi connectivity index (χ4n) is 1.27. The number of hydrogen-bond donors (Lipinski definition) is 2. The van der Waals surface area contributed by atoms with Crippen LogP contribution in [-0.2, 0) is 0 Å². The maximum atomic E-state index is 11.6. The first kappa shape index (κ1) is 9.92. The van der Waals surface area contributed by atoms with Gasteiger partial charge < -0.3 is 5.73 Å². The Hall–Kier alpha value is -1.62. The summed E-state index contributed by atoms with van der Waals surface area (Å²) in [5.74, 6) is 0.124. The standard InChI is InChI=1S/C10H8BrN3O/c11-7-3-1-2-6(4-7)8-5-13-10(12)14-9(8)15/h1-5H,(H3,12,13,14,15). The zero-order chi connectivity index (χ0) is 10.8. The molecule has 0 unspecified atom stereocenters. The van der Waals surface area contributed by atoms with Gasteiger partial charge in [-0.15, -0.1) is 0 Å². The third kappa shape index (κ3) is 2.07. The monoisotopic (exact) mass is 265 g/mol. The fraction of sp³-hybridized carbons (Fsp3) is 0. The van der Waals surface area contributed by atoms with E-state index in [0.29, 0.717) is 5.56 Å². The Morgan fingerprint density at radius 2 is 2.20 bits per heavy atom. The van der Waals surface area contributed by atoms with Gasteiger partial charge in [0, 0.05) is 10.7 Å². The summed E-state index contributed by atoms with van der Waals surface area (Å²) in [6.07, 6.45) is 1.47. The molecule has 5 heteroatoms. The number of halogens is 1. The van der Waals surface area contributed by atoms with Crippen LogP contribution >= 0.6 is 15.9 Å². The van der Waals surface area contributed by atoms with Crippen molar-refractivity contribution in [3.63, 3.8) is 0 Å². The van der Waals surface area contributed by atoms with Gasteiger partial charge >= 0.3 is 0 Å². The quantitative estimate of drug-likeness (QED) is 0.826.